The monoisotopic (exact) mass is 442 g/mol. The van der Waals surface area contributed by atoms with Gasteiger partial charge in [-0.2, -0.15) is 5.10 Å². The topological polar surface area (TPSA) is 86.0 Å². The van der Waals surface area contributed by atoms with E-state index in [-0.39, 0.29) is 23.8 Å². The Morgan fingerprint density at radius 3 is 2.56 bits per heavy atom. The molecule has 0 saturated carbocycles. The van der Waals surface area contributed by atoms with Gasteiger partial charge in [0.15, 0.2) is 0 Å². The van der Waals surface area contributed by atoms with Gasteiger partial charge in [0, 0.05) is 39.2 Å². The van der Waals surface area contributed by atoms with E-state index < -0.39 is 5.41 Å². The number of ether oxygens (including phenoxy) is 1. The summed E-state index contributed by atoms with van der Waals surface area (Å²) in [5.41, 5.74) is 1.32. The van der Waals surface area contributed by atoms with E-state index in [0.717, 1.165) is 11.3 Å². The number of oxime groups is 1. The van der Waals surface area contributed by atoms with E-state index in [0.29, 0.717) is 51.1 Å². The highest BCUT2D eigenvalue weighted by Crippen LogP contribution is 2.40. The van der Waals surface area contributed by atoms with Crippen LogP contribution in [-0.2, 0) is 21.4 Å². The van der Waals surface area contributed by atoms with Gasteiger partial charge in [-0.3, -0.25) is 14.3 Å². The van der Waals surface area contributed by atoms with Gasteiger partial charge in [0.1, 0.15) is 17.6 Å². The Balaban J connectivity index is 1.43. The van der Waals surface area contributed by atoms with Crippen molar-refractivity contribution in [3.05, 3.63) is 53.6 Å². The number of esters is 1. The summed E-state index contributed by atoms with van der Waals surface area (Å²) in [4.78, 5) is 33.2. The molecule has 0 N–H and O–H groups in total. The number of benzene rings is 1. The van der Waals surface area contributed by atoms with E-state index in [1.807, 2.05) is 0 Å². The Morgan fingerprint density at radius 1 is 1.22 bits per heavy atom. The molecule has 32 heavy (non-hydrogen) atoms. The van der Waals surface area contributed by atoms with Crippen LogP contribution >= 0.6 is 0 Å². The summed E-state index contributed by atoms with van der Waals surface area (Å²) in [6, 6.07) is 7.81. The Morgan fingerprint density at radius 2 is 1.94 bits per heavy atom. The first-order valence-corrected chi connectivity index (χ1v) is 10.8. The van der Waals surface area contributed by atoms with Crippen molar-refractivity contribution in [3.8, 4) is 0 Å². The maximum atomic E-state index is 13.2. The minimum Gasteiger partial charge on any atom is -0.466 e. The second kappa shape index (κ2) is 9.10. The highest BCUT2D eigenvalue weighted by Gasteiger charge is 2.46. The zero-order valence-electron chi connectivity index (χ0n) is 18.3. The van der Waals surface area contributed by atoms with Crippen LogP contribution in [0.3, 0.4) is 0 Å². The van der Waals surface area contributed by atoms with Gasteiger partial charge in [-0.05, 0) is 43.5 Å². The molecule has 0 aliphatic carbocycles. The molecule has 2 aromatic rings. The maximum absolute atomic E-state index is 13.2. The van der Waals surface area contributed by atoms with Crippen LogP contribution in [0.2, 0.25) is 0 Å². The summed E-state index contributed by atoms with van der Waals surface area (Å²) in [5.74, 6) is -0.661. The van der Waals surface area contributed by atoms with E-state index in [9.17, 15) is 14.0 Å². The number of aromatic nitrogens is 2. The van der Waals surface area contributed by atoms with Crippen molar-refractivity contribution in [2.45, 2.75) is 38.7 Å². The van der Waals surface area contributed by atoms with E-state index >= 15 is 0 Å². The molecule has 9 heteroatoms. The van der Waals surface area contributed by atoms with Crippen LogP contribution in [0.4, 0.5) is 4.39 Å². The van der Waals surface area contributed by atoms with Crippen LogP contribution < -0.4 is 0 Å². The fraction of sp³-hybridized carbons (Fsp3) is 0.478. The van der Waals surface area contributed by atoms with Crippen LogP contribution in [0.15, 0.2) is 41.7 Å². The standard InChI is InChI=1S/C23H27FN4O4/c1-3-31-22(30)23(9-12-28(13-10-23)21(29)20-8-11-25-27(20)2)15-18-14-19(26-32-18)16-4-6-17(24)7-5-16/h4-8,11,18H,3,9-10,12-15H2,1-2H3/t18-/m1/s1. The van der Waals surface area contributed by atoms with Crippen LogP contribution in [0.25, 0.3) is 0 Å². The highest BCUT2D eigenvalue weighted by molar-refractivity contribution is 6.01. The number of nitrogens with zero attached hydrogens (tertiary/aromatic N) is 4. The first-order valence-electron chi connectivity index (χ1n) is 10.8. The van der Waals surface area contributed by atoms with Crippen LogP contribution in [-0.4, -0.2) is 58.1 Å². The summed E-state index contributed by atoms with van der Waals surface area (Å²) >= 11 is 0. The second-order valence-electron chi connectivity index (χ2n) is 8.31. The smallest absolute Gasteiger partial charge is 0.312 e. The van der Waals surface area contributed by atoms with E-state index in [1.54, 1.807) is 47.9 Å². The molecule has 0 radical (unpaired) electrons. The minimum absolute atomic E-state index is 0.0958. The predicted octanol–water partition coefficient (Wildman–Crippen LogP) is 2.93. The minimum atomic E-state index is -0.738. The zero-order valence-corrected chi connectivity index (χ0v) is 18.3. The molecule has 0 spiro atoms. The normalized spacial score (nSPS) is 19.9. The number of carbonyl (C=O) groups is 2. The van der Waals surface area contributed by atoms with Crippen molar-refractivity contribution in [2.75, 3.05) is 19.7 Å². The lowest BCUT2D eigenvalue weighted by Crippen LogP contribution is -2.48. The maximum Gasteiger partial charge on any atom is 0.312 e. The first-order chi connectivity index (χ1) is 15.4. The Kier molecular flexibility index (Phi) is 6.25. The van der Waals surface area contributed by atoms with Gasteiger partial charge in [0.05, 0.1) is 17.7 Å². The molecule has 1 amide bonds. The van der Waals surface area contributed by atoms with Gasteiger partial charge < -0.3 is 14.5 Å². The van der Waals surface area contributed by atoms with Crippen molar-refractivity contribution in [3.63, 3.8) is 0 Å². The third kappa shape index (κ3) is 4.37. The number of rotatable bonds is 6. The fourth-order valence-electron chi connectivity index (χ4n) is 4.45. The fourth-order valence-corrected chi connectivity index (χ4v) is 4.45. The summed E-state index contributed by atoms with van der Waals surface area (Å²) < 4.78 is 20.2. The van der Waals surface area contributed by atoms with Crippen molar-refractivity contribution < 1.29 is 23.6 Å². The van der Waals surface area contributed by atoms with Crippen molar-refractivity contribution in [2.24, 2.45) is 17.6 Å². The molecule has 4 rings (SSSR count). The average Bonchev–Trinajstić information content (AvgIpc) is 3.43. The van der Waals surface area contributed by atoms with Gasteiger partial charge in [-0.15, -0.1) is 0 Å². The van der Waals surface area contributed by atoms with Crippen LogP contribution in [0, 0.1) is 11.2 Å². The molecule has 170 valence electrons. The van der Waals surface area contributed by atoms with Crippen molar-refractivity contribution in [1.29, 1.82) is 0 Å². The number of carbonyl (C=O) groups excluding carboxylic acids is 2. The SMILES string of the molecule is CCOC(=O)C1(C[C@H]2CC(c3ccc(F)cc3)=NO2)CCN(C(=O)c2ccnn2C)CC1. The van der Waals surface area contributed by atoms with E-state index in [4.69, 9.17) is 9.57 Å². The van der Waals surface area contributed by atoms with Gasteiger partial charge in [-0.25, -0.2) is 4.39 Å². The highest BCUT2D eigenvalue weighted by atomic mass is 19.1. The molecule has 1 aromatic heterocycles. The molecule has 2 aliphatic rings. The van der Waals surface area contributed by atoms with Gasteiger partial charge in [0.2, 0.25) is 0 Å². The summed E-state index contributed by atoms with van der Waals surface area (Å²) in [6.45, 7) is 2.97. The van der Waals surface area contributed by atoms with E-state index in [1.165, 1.54) is 12.1 Å². The lowest BCUT2D eigenvalue weighted by molar-refractivity contribution is -0.161. The zero-order chi connectivity index (χ0) is 22.7. The predicted molar refractivity (Wildman–Crippen MR) is 114 cm³/mol. The molecule has 2 aliphatic heterocycles. The summed E-state index contributed by atoms with van der Waals surface area (Å²) in [6.07, 6.45) is 3.27. The van der Waals surface area contributed by atoms with E-state index in [2.05, 4.69) is 10.3 Å². The third-order valence-electron chi connectivity index (χ3n) is 6.29. The largest absolute Gasteiger partial charge is 0.466 e. The molecule has 3 heterocycles. The molecule has 0 bridgehead atoms. The Bertz CT molecular complexity index is 1010. The van der Waals surface area contributed by atoms with Gasteiger partial charge in [-0.1, -0.05) is 17.3 Å². The molecular weight excluding hydrogens is 415 g/mol. The molecule has 0 unspecified atom stereocenters. The third-order valence-corrected chi connectivity index (χ3v) is 6.29. The van der Waals surface area contributed by atoms with Gasteiger partial charge in [0.25, 0.3) is 5.91 Å². The van der Waals surface area contributed by atoms with Crippen molar-refractivity contribution in [1.82, 2.24) is 14.7 Å². The second-order valence-corrected chi connectivity index (χ2v) is 8.31. The Labute approximate surface area is 186 Å². The molecule has 1 fully saturated rings. The lowest BCUT2D eigenvalue weighted by atomic mass is 9.73. The number of piperidine rings is 1. The number of likely N-dealkylation sites (tertiary alicyclic amines) is 1. The molecular formula is C23H27FN4O4. The van der Waals surface area contributed by atoms with Crippen LogP contribution in [0.5, 0.6) is 0 Å². The quantitative estimate of drug-likeness (QED) is 0.642. The Hall–Kier alpha value is -3.23. The number of hydrogen-bond donors (Lipinski definition) is 0. The number of hydrogen-bond acceptors (Lipinski definition) is 6. The van der Waals surface area contributed by atoms with Crippen molar-refractivity contribution >= 4 is 17.6 Å². The number of halogens is 1. The molecule has 1 aromatic carbocycles. The molecule has 1 saturated heterocycles. The lowest BCUT2D eigenvalue weighted by Gasteiger charge is -2.40. The number of aryl methyl sites for hydroxylation is 1. The van der Waals surface area contributed by atoms with Gasteiger partial charge >= 0.3 is 5.97 Å². The van der Waals surface area contributed by atoms with Crippen LogP contribution in [0.1, 0.15) is 48.7 Å². The summed E-state index contributed by atoms with van der Waals surface area (Å²) in [7, 11) is 1.73. The number of amides is 1. The molecule has 1 atom stereocenters. The molecule has 8 nitrogen and oxygen atoms in total. The first kappa shape index (κ1) is 22.0. The average molecular weight is 442 g/mol. The summed E-state index contributed by atoms with van der Waals surface area (Å²) in [5, 5.41) is 8.24.